The maximum atomic E-state index is 12.0. The smallest absolute Gasteiger partial charge is 0.451 e. The summed E-state index contributed by atoms with van der Waals surface area (Å²) in [5.41, 5.74) is 5.76. The number of hydrogen-bond donors (Lipinski definition) is 2. The number of nitrogens with zero attached hydrogens (tertiary/aromatic N) is 2. The normalized spacial score (nSPS) is 23.4. The van der Waals surface area contributed by atoms with Crippen LogP contribution in [0, 0.1) is 0 Å². The van der Waals surface area contributed by atoms with Crippen LogP contribution in [-0.2, 0) is 9.53 Å². The summed E-state index contributed by atoms with van der Waals surface area (Å²) in [5, 5.41) is 8.54. The van der Waals surface area contributed by atoms with Crippen LogP contribution in [0.3, 0.4) is 0 Å². The van der Waals surface area contributed by atoms with Crippen molar-refractivity contribution in [1.82, 2.24) is 0 Å². The minimum atomic E-state index is -1.08. The number of benzene rings is 1. The number of amides is 2. The summed E-state index contributed by atoms with van der Waals surface area (Å²) in [6, 6.07) is 5.76. The standard InChI is InChI=1S/C13H19N3O3.C8H6O3.C3H8/c1-9(17)3-4-10-5-6-12(19-10)16(2)8-7-11(14)15-13(16)18;9-5-6-3-1-2-4-7(6)8(10)11;1-3-2/h7-8,10,12H,3-6H2,1-2H3,(H-,14,15,18);1-5H,(H,10,11);3H2,1-2H3/p+1. The first-order valence-electron chi connectivity index (χ1n) is 10.9. The largest absolute Gasteiger partial charge is 0.478 e. The molecule has 2 aliphatic rings. The number of carbonyl (C=O) groups excluding carboxylic acids is 3. The Balaban J connectivity index is 0.000000329. The third kappa shape index (κ3) is 8.36. The highest BCUT2D eigenvalue weighted by Crippen LogP contribution is 2.31. The molecule has 1 aromatic rings. The van der Waals surface area contributed by atoms with Crippen molar-refractivity contribution in [3.8, 4) is 0 Å². The Morgan fingerprint density at radius 1 is 1.27 bits per heavy atom. The number of aldehydes is 1. The number of carboxylic acids is 1. The second kappa shape index (κ2) is 13.4. The fourth-order valence-electron chi connectivity index (χ4n) is 3.22. The van der Waals surface area contributed by atoms with Crippen LogP contribution in [0.25, 0.3) is 0 Å². The zero-order valence-electron chi connectivity index (χ0n) is 19.7. The molecule has 3 atom stereocenters. The van der Waals surface area contributed by atoms with Gasteiger partial charge in [-0.25, -0.2) is 9.59 Å². The Morgan fingerprint density at radius 2 is 1.91 bits per heavy atom. The fourth-order valence-corrected chi connectivity index (χ4v) is 3.22. The monoisotopic (exact) mass is 460 g/mol. The number of Topliss-reactive ketones (excluding diaryl/α,β-unsaturated/α-hetero) is 1. The molecular formula is C24H34N3O6+. The van der Waals surface area contributed by atoms with Crippen LogP contribution in [0.2, 0.25) is 0 Å². The quantitative estimate of drug-likeness (QED) is 0.485. The van der Waals surface area contributed by atoms with Crippen molar-refractivity contribution in [3.63, 3.8) is 0 Å². The van der Waals surface area contributed by atoms with Gasteiger partial charge in [0.25, 0.3) is 0 Å². The van der Waals surface area contributed by atoms with E-state index in [-0.39, 0.29) is 45.6 Å². The number of urea groups is 1. The van der Waals surface area contributed by atoms with Crippen LogP contribution < -0.4 is 5.73 Å². The van der Waals surface area contributed by atoms with Crippen LogP contribution in [0.4, 0.5) is 4.79 Å². The van der Waals surface area contributed by atoms with Crippen LogP contribution in [0.15, 0.2) is 41.5 Å². The van der Waals surface area contributed by atoms with E-state index < -0.39 is 5.97 Å². The topological polar surface area (TPSA) is 136 Å². The number of rotatable bonds is 6. The summed E-state index contributed by atoms with van der Waals surface area (Å²) in [5.74, 6) is -0.682. The predicted molar refractivity (Wildman–Crippen MR) is 125 cm³/mol. The van der Waals surface area contributed by atoms with Gasteiger partial charge in [-0.15, -0.1) is 4.99 Å². The van der Waals surface area contributed by atoms with Gasteiger partial charge in [0.15, 0.2) is 6.29 Å². The lowest BCUT2D eigenvalue weighted by Crippen LogP contribution is -2.53. The summed E-state index contributed by atoms with van der Waals surface area (Å²) >= 11 is 0. The van der Waals surface area contributed by atoms with E-state index in [0.29, 0.717) is 12.7 Å². The highest BCUT2D eigenvalue weighted by atomic mass is 16.5. The predicted octanol–water partition coefficient (Wildman–Crippen LogP) is 3.93. The number of nitrogens with two attached hydrogens (primary N) is 1. The number of hydrogen-bond acceptors (Lipinski definition) is 6. The number of carbonyl (C=O) groups is 4. The molecule has 0 spiro atoms. The molecule has 2 aliphatic heterocycles. The molecule has 0 aromatic heterocycles. The summed E-state index contributed by atoms with van der Waals surface area (Å²) in [6.07, 6.45) is 7.84. The van der Waals surface area contributed by atoms with Gasteiger partial charge in [-0.05, 0) is 25.8 Å². The Labute approximate surface area is 194 Å². The molecule has 3 rings (SSSR count). The van der Waals surface area contributed by atoms with Crippen LogP contribution in [0.1, 0.15) is 73.6 Å². The van der Waals surface area contributed by atoms with Gasteiger partial charge in [-0.1, -0.05) is 38.5 Å². The Kier molecular flexibility index (Phi) is 11.3. The molecule has 2 heterocycles. The third-order valence-electron chi connectivity index (χ3n) is 5.01. The van der Waals surface area contributed by atoms with E-state index in [4.69, 9.17) is 15.6 Å². The molecule has 1 saturated heterocycles. The van der Waals surface area contributed by atoms with Gasteiger partial charge in [0.1, 0.15) is 17.8 Å². The van der Waals surface area contributed by atoms with Gasteiger partial charge in [0, 0.05) is 24.5 Å². The SMILES string of the molecule is CC(=O)CCC1CCC([N+]2(C)C=CC(N)=NC2=O)O1.CCC.O=Cc1ccccc1C(=O)O. The number of amidine groups is 1. The van der Waals surface area contributed by atoms with E-state index in [1.807, 2.05) is 0 Å². The summed E-state index contributed by atoms with van der Waals surface area (Å²) in [4.78, 5) is 47.5. The molecule has 0 radical (unpaired) electrons. The van der Waals surface area contributed by atoms with E-state index in [1.165, 1.54) is 18.6 Å². The Hall–Kier alpha value is -3.17. The number of aromatic carboxylic acids is 1. The number of ether oxygens (including phenoxy) is 1. The molecule has 1 fully saturated rings. The van der Waals surface area contributed by atoms with Gasteiger partial charge in [0.2, 0.25) is 6.23 Å². The van der Waals surface area contributed by atoms with E-state index in [2.05, 4.69) is 18.8 Å². The molecular weight excluding hydrogens is 426 g/mol. The van der Waals surface area contributed by atoms with Crippen molar-refractivity contribution >= 4 is 29.9 Å². The minimum Gasteiger partial charge on any atom is -0.478 e. The van der Waals surface area contributed by atoms with Crippen molar-refractivity contribution in [2.75, 3.05) is 7.05 Å². The molecule has 0 bridgehead atoms. The van der Waals surface area contributed by atoms with Gasteiger partial charge < -0.3 is 20.4 Å². The molecule has 33 heavy (non-hydrogen) atoms. The van der Waals surface area contributed by atoms with Crippen LogP contribution >= 0.6 is 0 Å². The Bertz CT molecular complexity index is 911. The molecule has 9 nitrogen and oxygen atoms in total. The van der Waals surface area contributed by atoms with Crippen LogP contribution in [-0.4, -0.2) is 58.9 Å². The van der Waals surface area contributed by atoms with Gasteiger partial charge in [0.05, 0.1) is 18.7 Å². The molecule has 0 saturated carbocycles. The van der Waals surface area contributed by atoms with Crippen molar-refractivity contribution in [2.45, 2.75) is 65.2 Å². The van der Waals surface area contributed by atoms with Crippen molar-refractivity contribution in [3.05, 3.63) is 47.7 Å². The molecule has 0 aliphatic carbocycles. The molecule has 1 aromatic carbocycles. The Morgan fingerprint density at radius 3 is 2.42 bits per heavy atom. The lowest BCUT2D eigenvalue weighted by atomic mass is 10.1. The first-order valence-corrected chi connectivity index (χ1v) is 10.9. The average molecular weight is 461 g/mol. The number of quaternary nitrogens is 1. The van der Waals surface area contributed by atoms with E-state index in [0.717, 1.165) is 19.3 Å². The second-order valence-corrected chi connectivity index (χ2v) is 8.03. The summed E-state index contributed by atoms with van der Waals surface area (Å²) in [6.45, 7) is 5.83. The highest BCUT2D eigenvalue weighted by Gasteiger charge is 2.45. The summed E-state index contributed by atoms with van der Waals surface area (Å²) < 4.78 is 5.90. The zero-order valence-corrected chi connectivity index (χ0v) is 19.7. The van der Waals surface area contributed by atoms with Crippen LogP contribution in [0.5, 0.6) is 0 Å². The zero-order chi connectivity index (χ0) is 25.0. The number of carboxylic acid groups (broad SMARTS) is 1. The first kappa shape index (κ1) is 27.9. The van der Waals surface area contributed by atoms with Crippen molar-refractivity contribution in [2.24, 2.45) is 10.7 Å². The molecule has 180 valence electrons. The number of aliphatic imine (C=N–C) groups is 1. The maximum Gasteiger partial charge on any atom is 0.451 e. The second-order valence-electron chi connectivity index (χ2n) is 8.03. The lowest BCUT2D eigenvalue weighted by Gasteiger charge is -2.32. The molecule has 9 heteroatoms. The van der Waals surface area contributed by atoms with Crippen molar-refractivity contribution < 1.29 is 33.5 Å². The van der Waals surface area contributed by atoms with Gasteiger partial charge >= 0.3 is 12.0 Å². The van der Waals surface area contributed by atoms with Gasteiger partial charge in [-0.2, -0.15) is 4.48 Å². The van der Waals surface area contributed by atoms with E-state index in [9.17, 15) is 19.2 Å². The van der Waals surface area contributed by atoms with E-state index >= 15 is 0 Å². The molecule has 3 unspecified atom stereocenters. The highest BCUT2D eigenvalue weighted by molar-refractivity contribution is 5.99. The molecule has 3 N–H and O–H groups in total. The first-order chi connectivity index (χ1) is 15.6. The fraction of sp³-hybridized carbons (Fsp3) is 0.458. The average Bonchev–Trinajstić information content (AvgIpc) is 3.26. The van der Waals surface area contributed by atoms with E-state index in [1.54, 1.807) is 38.4 Å². The maximum absolute atomic E-state index is 12.0. The van der Waals surface area contributed by atoms with Gasteiger partial charge in [-0.3, -0.25) is 4.79 Å². The third-order valence-corrected chi connectivity index (χ3v) is 5.01. The lowest BCUT2D eigenvalue weighted by molar-refractivity contribution is -0.830. The summed E-state index contributed by atoms with van der Waals surface area (Å²) in [7, 11) is 1.77. The molecule has 2 amide bonds. The number of ketones is 1. The van der Waals surface area contributed by atoms with Crippen molar-refractivity contribution in [1.29, 1.82) is 0 Å². The minimum absolute atomic E-state index is 0.00271.